The normalized spacial score (nSPS) is 9.43. The van der Waals surface area contributed by atoms with Crippen LogP contribution in [0.5, 0.6) is 5.75 Å². The largest absolute Gasteiger partial charge is 0.425 e. The second-order valence-corrected chi connectivity index (χ2v) is 2.77. The lowest BCUT2D eigenvalue weighted by Crippen LogP contribution is -2.16. The smallest absolute Gasteiger partial charge is 0.334 e. The molecule has 0 atom stereocenters. The number of nitrogens with zero attached hydrogens (tertiary/aromatic N) is 1. The van der Waals surface area contributed by atoms with E-state index in [1.165, 1.54) is 18.2 Å². The maximum absolute atomic E-state index is 10.6. The van der Waals surface area contributed by atoms with Gasteiger partial charge in [0.1, 0.15) is 5.69 Å². The van der Waals surface area contributed by atoms with E-state index in [-0.39, 0.29) is 22.3 Å². The molecule has 4 N–H and O–H groups in total. The molecule has 0 saturated heterocycles. The average molecular weight is 213 g/mol. The minimum Gasteiger partial charge on any atom is -0.425 e. The van der Waals surface area contributed by atoms with Crippen LogP contribution in [0.1, 0.15) is 0 Å². The van der Waals surface area contributed by atoms with Gasteiger partial charge >= 0.3 is 5.69 Å². The highest BCUT2D eigenvalue weighted by Crippen LogP contribution is 2.32. The Bertz CT molecular complexity index is 394. The molecule has 0 aliphatic carbocycles. The first-order valence-electron chi connectivity index (χ1n) is 3.52. The average Bonchev–Trinajstić information content (AvgIpc) is 2.01. The van der Waals surface area contributed by atoms with E-state index >= 15 is 0 Å². The number of nitro groups is 1. The molecule has 0 aliphatic heterocycles. The van der Waals surface area contributed by atoms with E-state index in [1.807, 2.05) is 0 Å². The fraction of sp³-hybridized carbons (Fsp3) is 0. The predicted molar refractivity (Wildman–Crippen MR) is 54.9 cm³/mol. The first-order valence-corrected chi connectivity index (χ1v) is 3.93. The van der Waals surface area contributed by atoms with Crippen molar-refractivity contribution in [1.82, 2.24) is 0 Å². The molecule has 0 aromatic heterocycles. The molecule has 0 fully saturated rings. The van der Waals surface area contributed by atoms with Crippen molar-refractivity contribution in [2.75, 3.05) is 5.73 Å². The molecule has 0 saturated carbocycles. The highest BCUT2D eigenvalue weighted by Gasteiger charge is 2.19. The van der Waals surface area contributed by atoms with Crippen LogP contribution in [0.15, 0.2) is 18.2 Å². The SMILES string of the molecule is NC(=S)Oc1cccc(N)c1[N+](=O)[O-]. The number of anilines is 1. The Morgan fingerprint density at radius 2 is 2.21 bits per heavy atom. The van der Waals surface area contributed by atoms with Crippen LogP contribution in [-0.2, 0) is 0 Å². The van der Waals surface area contributed by atoms with Gasteiger partial charge < -0.3 is 16.2 Å². The van der Waals surface area contributed by atoms with E-state index in [0.29, 0.717) is 0 Å². The summed E-state index contributed by atoms with van der Waals surface area (Å²) in [6, 6.07) is 4.27. The van der Waals surface area contributed by atoms with E-state index < -0.39 is 4.92 Å². The van der Waals surface area contributed by atoms with Crippen LogP contribution < -0.4 is 16.2 Å². The molecule has 0 amide bonds. The molecular weight excluding hydrogens is 206 g/mol. The molecule has 74 valence electrons. The molecule has 7 heteroatoms. The Labute approximate surface area is 84.6 Å². The van der Waals surface area contributed by atoms with E-state index in [4.69, 9.17) is 16.2 Å². The van der Waals surface area contributed by atoms with Crippen molar-refractivity contribution in [2.24, 2.45) is 5.73 Å². The number of nitrogen functional groups attached to an aromatic ring is 1. The molecule has 1 rings (SSSR count). The number of nitrogens with two attached hydrogens (primary N) is 2. The van der Waals surface area contributed by atoms with Gasteiger partial charge in [-0.15, -0.1) is 0 Å². The first-order chi connectivity index (χ1) is 6.52. The van der Waals surface area contributed by atoms with Gasteiger partial charge in [-0.25, -0.2) is 0 Å². The molecule has 0 radical (unpaired) electrons. The van der Waals surface area contributed by atoms with Gasteiger partial charge in [0.15, 0.2) is 0 Å². The summed E-state index contributed by atoms with van der Waals surface area (Å²) in [5.74, 6) is -0.0532. The van der Waals surface area contributed by atoms with Crippen LogP contribution in [0.25, 0.3) is 0 Å². The van der Waals surface area contributed by atoms with Crippen molar-refractivity contribution < 1.29 is 9.66 Å². The number of nitro benzene ring substituents is 1. The highest BCUT2D eigenvalue weighted by atomic mass is 32.1. The number of rotatable bonds is 2. The first kappa shape index (κ1) is 10.2. The Morgan fingerprint density at radius 1 is 1.57 bits per heavy atom. The molecule has 0 spiro atoms. The number of benzene rings is 1. The number of ether oxygens (including phenoxy) is 1. The summed E-state index contributed by atoms with van der Waals surface area (Å²) in [6.45, 7) is 0. The lowest BCUT2D eigenvalue weighted by atomic mass is 10.2. The molecule has 14 heavy (non-hydrogen) atoms. The Hall–Kier alpha value is -1.89. The molecule has 0 bridgehead atoms. The summed E-state index contributed by atoms with van der Waals surface area (Å²) < 4.78 is 4.78. The number of hydrogen-bond donors (Lipinski definition) is 2. The number of hydrogen-bond acceptors (Lipinski definition) is 5. The zero-order valence-corrected chi connectivity index (χ0v) is 7.78. The second kappa shape index (κ2) is 3.88. The summed E-state index contributed by atoms with van der Waals surface area (Å²) in [4.78, 5) is 9.94. The van der Waals surface area contributed by atoms with Crippen LogP contribution in [0.3, 0.4) is 0 Å². The molecule has 0 unspecified atom stereocenters. The van der Waals surface area contributed by atoms with Crippen molar-refractivity contribution in [3.05, 3.63) is 28.3 Å². The molecule has 1 aromatic rings. The monoisotopic (exact) mass is 213 g/mol. The number of para-hydroxylation sites is 1. The van der Waals surface area contributed by atoms with E-state index in [2.05, 4.69) is 12.2 Å². The van der Waals surface area contributed by atoms with E-state index in [0.717, 1.165) is 0 Å². The second-order valence-electron chi connectivity index (χ2n) is 2.37. The van der Waals surface area contributed by atoms with Crippen molar-refractivity contribution in [3.63, 3.8) is 0 Å². The van der Waals surface area contributed by atoms with Crippen molar-refractivity contribution in [3.8, 4) is 5.75 Å². The maximum atomic E-state index is 10.6. The Kier molecular flexibility index (Phi) is 2.82. The topological polar surface area (TPSA) is 104 Å². The van der Waals surface area contributed by atoms with Crippen LogP contribution in [0, 0.1) is 10.1 Å². The molecule has 0 heterocycles. The Balaban J connectivity index is 3.21. The lowest BCUT2D eigenvalue weighted by Gasteiger charge is -2.04. The molecular formula is C7H7N3O3S. The summed E-state index contributed by atoms with van der Waals surface area (Å²) in [6.07, 6.45) is 0. The fourth-order valence-corrected chi connectivity index (χ4v) is 1.02. The number of thiocarbonyl (C=S) groups is 1. The fourth-order valence-electron chi connectivity index (χ4n) is 0.925. The van der Waals surface area contributed by atoms with Crippen molar-refractivity contribution in [2.45, 2.75) is 0 Å². The minimum atomic E-state index is -0.650. The van der Waals surface area contributed by atoms with Gasteiger partial charge in [0.2, 0.25) is 5.75 Å². The van der Waals surface area contributed by atoms with Gasteiger partial charge in [0.05, 0.1) is 4.92 Å². The summed E-state index contributed by atoms with van der Waals surface area (Å²) in [7, 11) is 0. The van der Waals surface area contributed by atoms with Gasteiger partial charge in [-0.1, -0.05) is 6.07 Å². The predicted octanol–water partition coefficient (Wildman–Crippen LogP) is 0.799. The van der Waals surface area contributed by atoms with Crippen molar-refractivity contribution >= 4 is 28.8 Å². The third kappa shape index (κ3) is 2.07. The third-order valence-corrected chi connectivity index (χ3v) is 1.51. The van der Waals surface area contributed by atoms with Gasteiger partial charge in [0.25, 0.3) is 5.17 Å². The summed E-state index contributed by atoms with van der Waals surface area (Å²) in [5, 5.41) is 10.3. The van der Waals surface area contributed by atoms with Crippen LogP contribution in [-0.4, -0.2) is 10.1 Å². The maximum Gasteiger partial charge on any atom is 0.334 e. The molecule has 0 aliphatic rings. The standard InChI is InChI=1S/C7H7N3O3S/c8-4-2-1-3-5(13-7(9)14)6(4)10(11)12/h1-3H,8H2,(H2,9,14). The van der Waals surface area contributed by atoms with Crippen LogP contribution in [0.4, 0.5) is 11.4 Å². The molecule has 6 nitrogen and oxygen atoms in total. The van der Waals surface area contributed by atoms with Gasteiger partial charge in [0, 0.05) is 0 Å². The lowest BCUT2D eigenvalue weighted by molar-refractivity contribution is -0.384. The van der Waals surface area contributed by atoms with E-state index in [1.54, 1.807) is 0 Å². The summed E-state index contributed by atoms with van der Waals surface area (Å²) >= 11 is 4.46. The van der Waals surface area contributed by atoms with E-state index in [9.17, 15) is 10.1 Å². The minimum absolute atomic E-state index is 0.00347. The summed E-state index contributed by atoms with van der Waals surface area (Å²) in [5.41, 5.74) is 10.2. The van der Waals surface area contributed by atoms with Gasteiger partial charge in [-0.2, -0.15) is 0 Å². The Morgan fingerprint density at radius 3 is 2.71 bits per heavy atom. The van der Waals surface area contributed by atoms with Crippen LogP contribution >= 0.6 is 12.2 Å². The molecule has 1 aromatic carbocycles. The highest BCUT2D eigenvalue weighted by molar-refractivity contribution is 7.80. The third-order valence-electron chi connectivity index (χ3n) is 1.42. The zero-order valence-electron chi connectivity index (χ0n) is 6.97. The zero-order chi connectivity index (χ0) is 10.7. The van der Waals surface area contributed by atoms with Gasteiger partial charge in [-0.3, -0.25) is 10.1 Å². The van der Waals surface area contributed by atoms with Crippen molar-refractivity contribution in [1.29, 1.82) is 0 Å². The van der Waals surface area contributed by atoms with Crippen LogP contribution in [0.2, 0.25) is 0 Å². The quantitative estimate of drug-likeness (QED) is 0.326. The van der Waals surface area contributed by atoms with Gasteiger partial charge in [-0.05, 0) is 24.4 Å².